The van der Waals surface area contributed by atoms with Crippen LogP contribution in [0.2, 0.25) is 5.02 Å². The molecule has 0 bridgehead atoms. The predicted molar refractivity (Wildman–Crippen MR) is 100 cm³/mol. The highest BCUT2D eigenvalue weighted by atomic mass is 35.5. The average Bonchev–Trinajstić information content (AvgIpc) is 3.13. The van der Waals surface area contributed by atoms with Gasteiger partial charge in [-0.3, -0.25) is 19.8 Å². The highest BCUT2D eigenvalue weighted by Crippen LogP contribution is 2.22. The molecule has 1 fully saturated rings. The van der Waals surface area contributed by atoms with Crippen LogP contribution in [-0.2, 0) is 13.1 Å². The summed E-state index contributed by atoms with van der Waals surface area (Å²) in [7, 11) is 0. The predicted octanol–water partition coefficient (Wildman–Crippen LogP) is 3.77. The van der Waals surface area contributed by atoms with Gasteiger partial charge in [-0.25, -0.2) is 0 Å². The summed E-state index contributed by atoms with van der Waals surface area (Å²) in [6.45, 7) is 3.66. The number of likely N-dealkylation sites (tertiary alicyclic amines) is 1. The van der Waals surface area contributed by atoms with E-state index in [0.29, 0.717) is 6.54 Å². The molecule has 2 aromatic rings. The summed E-state index contributed by atoms with van der Waals surface area (Å²) >= 11 is 5.98. The zero-order valence-electron chi connectivity index (χ0n) is 14.3. The van der Waals surface area contributed by atoms with Gasteiger partial charge < -0.3 is 5.32 Å². The van der Waals surface area contributed by atoms with Crippen LogP contribution in [0.15, 0.2) is 42.5 Å². The summed E-state index contributed by atoms with van der Waals surface area (Å²) in [6, 6.07) is 12.0. The van der Waals surface area contributed by atoms with Crippen LogP contribution in [0.4, 0.5) is 5.69 Å². The summed E-state index contributed by atoms with van der Waals surface area (Å²) in [5, 5.41) is 13.6. The Hall–Kier alpha value is -2.44. The van der Waals surface area contributed by atoms with Crippen molar-refractivity contribution in [1.82, 2.24) is 10.2 Å². The molecule has 2 aromatic carbocycles. The van der Waals surface area contributed by atoms with Gasteiger partial charge in [0.2, 0.25) is 0 Å². The van der Waals surface area contributed by atoms with E-state index in [9.17, 15) is 14.9 Å². The molecule has 1 N–H and O–H groups in total. The van der Waals surface area contributed by atoms with Crippen LogP contribution in [0.3, 0.4) is 0 Å². The van der Waals surface area contributed by atoms with Crippen molar-refractivity contribution in [3.63, 3.8) is 0 Å². The summed E-state index contributed by atoms with van der Waals surface area (Å²) in [5.74, 6) is -0.356. The minimum absolute atomic E-state index is 0.0673. The van der Waals surface area contributed by atoms with E-state index in [-0.39, 0.29) is 22.2 Å². The molecular weight excluding hydrogens is 354 g/mol. The molecule has 1 aliphatic rings. The summed E-state index contributed by atoms with van der Waals surface area (Å²) in [5.41, 5.74) is 2.34. The third-order valence-corrected chi connectivity index (χ3v) is 4.80. The van der Waals surface area contributed by atoms with Crippen LogP contribution in [0.25, 0.3) is 0 Å². The Balaban J connectivity index is 1.56. The van der Waals surface area contributed by atoms with E-state index in [1.807, 2.05) is 12.1 Å². The third kappa shape index (κ3) is 4.59. The van der Waals surface area contributed by atoms with Crippen LogP contribution in [0, 0.1) is 10.1 Å². The summed E-state index contributed by atoms with van der Waals surface area (Å²) in [4.78, 5) is 24.9. The minimum atomic E-state index is -0.544. The number of nitrogens with zero attached hydrogens (tertiary/aromatic N) is 2. The van der Waals surface area contributed by atoms with E-state index in [4.69, 9.17) is 11.6 Å². The number of carbonyl (C=O) groups excluding carboxylic acids is 1. The molecule has 0 unspecified atom stereocenters. The van der Waals surface area contributed by atoms with Crippen molar-refractivity contribution >= 4 is 23.2 Å². The van der Waals surface area contributed by atoms with Gasteiger partial charge in [0.15, 0.2) is 0 Å². The van der Waals surface area contributed by atoms with E-state index in [0.717, 1.165) is 25.2 Å². The van der Waals surface area contributed by atoms with Crippen molar-refractivity contribution in [1.29, 1.82) is 0 Å². The number of hydrogen-bond donors (Lipinski definition) is 1. The number of non-ortho nitro benzene ring substituents is 1. The second-order valence-corrected chi connectivity index (χ2v) is 6.81. The second-order valence-electron chi connectivity index (χ2n) is 6.40. The molecule has 136 valence electrons. The van der Waals surface area contributed by atoms with Gasteiger partial charge in [0.05, 0.1) is 15.5 Å². The molecule has 0 atom stereocenters. The molecule has 1 aliphatic heterocycles. The van der Waals surface area contributed by atoms with Crippen molar-refractivity contribution in [3.05, 3.63) is 74.3 Å². The molecule has 1 saturated heterocycles. The Morgan fingerprint density at radius 1 is 1.12 bits per heavy atom. The van der Waals surface area contributed by atoms with E-state index in [2.05, 4.69) is 22.3 Å². The van der Waals surface area contributed by atoms with Gasteiger partial charge in [-0.05, 0) is 43.1 Å². The normalized spacial score (nSPS) is 14.3. The molecule has 0 saturated carbocycles. The maximum absolute atomic E-state index is 12.2. The van der Waals surface area contributed by atoms with E-state index in [1.54, 1.807) is 0 Å². The first-order chi connectivity index (χ1) is 12.5. The van der Waals surface area contributed by atoms with Gasteiger partial charge in [-0.15, -0.1) is 0 Å². The monoisotopic (exact) mass is 373 g/mol. The van der Waals surface area contributed by atoms with Crippen molar-refractivity contribution in [3.8, 4) is 0 Å². The van der Waals surface area contributed by atoms with E-state index in [1.165, 1.54) is 36.6 Å². The van der Waals surface area contributed by atoms with Crippen molar-refractivity contribution in [2.24, 2.45) is 0 Å². The third-order valence-electron chi connectivity index (χ3n) is 4.49. The molecular formula is C19H20ClN3O3. The molecule has 26 heavy (non-hydrogen) atoms. The first-order valence-electron chi connectivity index (χ1n) is 8.55. The number of rotatable bonds is 6. The summed E-state index contributed by atoms with van der Waals surface area (Å²) < 4.78 is 0. The first-order valence-corrected chi connectivity index (χ1v) is 8.93. The Morgan fingerprint density at radius 3 is 2.38 bits per heavy atom. The molecule has 0 aliphatic carbocycles. The zero-order valence-corrected chi connectivity index (χ0v) is 15.0. The van der Waals surface area contributed by atoms with Gasteiger partial charge in [-0.2, -0.15) is 0 Å². The quantitative estimate of drug-likeness (QED) is 0.617. The molecule has 0 spiro atoms. The van der Waals surface area contributed by atoms with Gasteiger partial charge in [0.25, 0.3) is 11.6 Å². The fourth-order valence-corrected chi connectivity index (χ4v) is 3.30. The lowest BCUT2D eigenvalue weighted by molar-refractivity contribution is -0.384. The van der Waals surface area contributed by atoms with Crippen molar-refractivity contribution in [2.75, 3.05) is 13.1 Å². The number of carbonyl (C=O) groups is 1. The molecule has 0 aromatic heterocycles. The second kappa shape index (κ2) is 8.29. The molecule has 1 amide bonds. The maximum Gasteiger partial charge on any atom is 0.270 e. The maximum atomic E-state index is 12.2. The van der Waals surface area contributed by atoms with Gasteiger partial charge in [0, 0.05) is 25.2 Å². The van der Waals surface area contributed by atoms with Gasteiger partial charge in [-0.1, -0.05) is 35.9 Å². The number of nitro groups is 1. The number of benzene rings is 2. The smallest absolute Gasteiger partial charge is 0.270 e. The van der Waals surface area contributed by atoms with Gasteiger partial charge in [0.1, 0.15) is 0 Å². The van der Waals surface area contributed by atoms with E-state index >= 15 is 0 Å². The van der Waals surface area contributed by atoms with Crippen molar-refractivity contribution in [2.45, 2.75) is 25.9 Å². The number of amides is 1. The molecule has 7 heteroatoms. The highest BCUT2D eigenvalue weighted by Gasteiger charge is 2.15. The first kappa shape index (κ1) is 18.4. The van der Waals surface area contributed by atoms with Crippen LogP contribution < -0.4 is 5.32 Å². The molecule has 3 rings (SSSR count). The number of hydrogen-bond acceptors (Lipinski definition) is 4. The highest BCUT2D eigenvalue weighted by molar-refractivity contribution is 6.34. The average molecular weight is 374 g/mol. The van der Waals surface area contributed by atoms with Crippen LogP contribution >= 0.6 is 11.6 Å². The van der Waals surface area contributed by atoms with Crippen molar-refractivity contribution < 1.29 is 9.72 Å². The number of nitrogens with one attached hydrogen (secondary N) is 1. The van der Waals surface area contributed by atoms with Crippen LogP contribution in [0.5, 0.6) is 0 Å². The lowest BCUT2D eigenvalue weighted by Crippen LogP contribution is -2.23. The summed E-state index contributed by atoms with van der Waals surface area (Å²) in [6.07, 6.45) is 2.55. The lowest BCUT2D eigenvalue weighted by atomic mass is 10.1. The molecule has 1 heterocycles. The Kier molecular flexibility index (Phi) is 5.85. The molecule has 0 radical (unpaired) electrons. The number of halogens is 1. The SMILES string of the molecule is O=C(NCc1ccc(CN2CCCC2)cc1)c1ccc([N+](=O)[O-])cc1Cl. The van der Waals surface area contributed by atoms with Gasteiger partial charge >= 0.3 is 0 Å². The lowest BCUT2D eigenvalue weighted by Gasteiger charge is -2.14. The molecule has 6 nitrogen and oxygen atoms in total. The van der Waals surface area contributed by atoms with E-state index < -0.39 is 4.92 Å². The Morgan fingerprint density at radius 2 is 1.77 bits per heavy atom. The van der Waals surface area contributed by atoms with Crippen LogP contribution in [-0.4, -0.2) is 28.8 Å². The topological polar surface area (TPSA) is 75.5 Å². The van der Waals surface area contributed by atoms with Crippen LogP contribution in [0.1, 0.15) is 34.3 Å². The Labute approximate surface area is 156 Å². The fourth-order valence-electron chi connectivity index (χ4n) is 3.04. The largest absolute Gasteiger partial charge is 0.348 e. The fraction of sp³-hybridized carbons (Fsp3) is 0.316. The standard InChI is InChI=1S/C19H20ClN3O3/c20-18-11-16(23(25)26)7-8-17(18)19(24)21-12-14-3-5-15(6-4-14)13-22-9-1-2-10-22/h3-8,11H,1-2,9-10,12-13H2,(H,21,24). The minimum Gasteiger partial charge on any atom is -0.348 e. The zero-order chi connectivity index (χ0) is 18.5. The Bertz CT molecular complexity index is 802. The number of nitro benzene ring substituents is 1.